The molecule has 1 saturated heterocycles. The number of nitrogens with two attached hydrogens (primary N) is 1. The Balaban J connectivity index is 1.98. The quantitative estimate of drug-likeness (QED) is 0.943. The van der Waals surface area contributed by atoms with Gasteiger partial charge in [0, 0.05) is 22.9 Å². The van der Waals surface area contributed by atoms with Crippen molar-refractivity contribution in [1.29, 1.82) is 0 Å². The van der Waals surface area contributed by atoms with Crippen LogP contribution in [0.5, 0.6) is 0 Å². The van der Waals surface area contributed by atoms with Gasteiger partial charge >= 0.3 is 0 Å². The van der Waals surface area contributed by atoms with Crippen LogP contribution in [0, 0.1) is 0 Å². The first-order chi connectivity index (χ1) is 9.59. The number of aromatic nitrogens is 1. The Bertz CT molecular complexity index is 708. The highest BCUT2D eigenvalue weighted by Crippen LogP contribution is 2.36. The second kappa shape index (κ2) is 5.27. The van der Waals surface area contributed by atoms with E-state index in [4.69, 9.17) is 5.73 Å². The summed E-state index contributed by atoms with van der Waals surface area (Å²) in [6.07, 6.45) is 0.675. The predicted molar refractivity (Wildman–Crippen MR) is 81.5 cm³/mol. The number of thiazole rings is 1. The summed E-state index contributed by atoms with van der Waals surface area (Å²) in [6, 6.07) is 9.90. The minimum absolute atomic E-state index is 0.0350. The van der Waals surface area contributed by atoms with E-state index in [2.05, 4.69) is 4.98 Å². The maximum atomic E-state index is 11.6. The third-order valence-corrected chi connectivity index (χ3v) is 6.54. The summed E-state index contributed by atoms with van der Waals surface area (Å²) in [6.45, 7) is 0.432. The van der Waals surface area contributed by atoms with Gasteiger partial charge in [0.25, 0.3) is 0 Å². The van der Waals surface area contributed by atoms with Crippen molar-refractivity contribution in [3.63, 3.8) is 0 Å². The molecule has 0 saturated carbocycles. The summed E-state index contributed by atoms with van der Waals surface area (Å²) < 4.78 is 23.2. The van der Waals surface area contributed by atoms with Crippen LogP contribution in [0.4, 0.5) is 0 Å². The minimum atomic E-state index is -2.88. The molecule has 20 heavy (non-hydrogen) atoms. The van der Waals surface area contributed by atoms with E-state index in [9.17, 15) is 8.42 Å². The summed E-state index contributed by atoms with van der Waals surface area (Å²) >= 11 is 1.55. The lowest BCUT2D eigenvalue weighted by atomic mass is 10.1. The molecule has 2 N–H and O–H groups in total. The Kier molecular flexibility index (Phi) is 3.62. The molecule has 1 atom stereocenters. The molecule has 0 aliphatic carbocycles. The smallest absolute Gasteiger partial charge is 0.151 e. The zero-order valence-electron chi connectivity index (χ0n) is 11.0. The van der Waals surface area contributed by atoms with Crippen molar-refractivity contribution in [3.05, 3.63) is 40.2 Å². The normalized spacial score (nSPS) is 21.1. The van der Waals surface area contributed by atoms with Gasteiger partial charge in [0.2, 0.25) is 0 Å². The molecule has 6 heteroatoms. The standard InChI is InChI=1S/C14H16N2O2S2/c15-8-12-13(10-4-2-1-3-5-10)16-14(19-12)11-6-7-20(17,18)9-11/h1-5,11H,6-9,15H2. The van der Waals surface area contributed by atoms with Gasteiger partial charge in [-0.05, 0) is 6.42 Å². The number of sulfone groups is 1. The molecule has 1 aromatic heterocycles. The number of rotatable bonds is 3. The highest BCUT2D eigenvalue weighted by Gasteiger charge is 2.31. The lowest BCUT2D eigenvalue weighted by molar-refractivity contribution is 0.601. The first-order valence-corrected chi connectivity index (χ1v) is 9.18. The van der Waals surface area contributed by atoms with E-state index in [1.54, 1.807) is 11.3 Å². The van der Waals surface area contributed by atoms with Gasteiger partial charge in [0.1, 0.15) is 0 Å². The van der Waals surface area contributed by atoms with E-state index in [1.165, 1.54) is 0 Å². The molecule has 4 nitrogen and oxygen atoms in total. The Morgan fingerprint density at radius 1 is 1.30 bits per heavy atom. The van der Waals surface area contributed by atoms with Crippen LogP contribution < -0.4 is 5.73 Å². The van der Waals surface area contributed by atoms with Gasteiger partial charge in [-0.2, -0.15) is 0 Å². The van der Waals surface area contributed by atoms with E-state index in [-0.39, 0.29) is 17.4 Å². The topological polar surface area (TPSA) is 73.1 Å². The van der Waals surface area contributed by atoms with Gasteiger partial charge in [-0.3, -0.25) is 0 Å². The van der Waals surface area contributed by atoms with Crippen LogP contribution >= 0.6 is 11.3 Å². The minimum Gasteiger partial charge on any atom is -0.326 e. The van der Waals surface area contributed by atoms with Crippen LogP contribution in [-0.2, 0) is 16.4 Å². The average Bonchev–Trinajstić information content (AvgIpc) is 3.02. The first-order valence-electron chi connectivity index (χ1n) is 6.54. The zero-order chi connectivity index (χ0) is 14.2. The van der Waals surface area contributed by atoms with Crippen molar-refractivity contribution in [2.24, 2.45) is 5.73 Å². The van der Waals surface area contributed by atoms with Crippen LogP contribution in [0.15, 0.2) is 30.3 Å². The fourth-order valence-corrected chi connectivity index (χ4v) is 5.45. The fourth-order valence-electron chi connectivity index (χ4n) is 2.49. The van der Waals surface area contributed by atoms with Gasteiger partial charge < -0.3 is 5.73 Å². The van der Waals surface area contributed by atoms with Crippen molar-refractivity contribution in [3.8, 4) is 11.3 Å². The third kappa shape index (κ3) is 2.63. The molecule has 2 aromatic rings. The van der Waals surface area contributed by atoms with Gasteiger partial charge in [-0.25, -0.2) is 13.4 Å². The highest BCUT2D eigenvalue weighted by molar-refractivity contribution is 7.91. The molecule has 1 aromatic carbocycles. The van der Waals surface area contributed by atoms with E-state index >= 15 is 0 Å². The SMILES string of the molecule is NCc1sc(C2CCS(=O)(=O)C2)nc1-c1ccccc1. The number of hydrogen-bond donors (Lipinski definition) is 1. The number of nitrogens with zero attached hydrogens (tertiary/aromatic N) is 1. The summed E-state index contributed by atoms with van der Waals surface area (Å²) in [7, 11) is -2.88. The summed E-state index contributed by atoms with van der Waals surface area (Å²) in [5.74, 6) is 0.530. The summed E-state index contributed by atoms with van der Waals surface area (Å²) in [4.78, 5) is 5.70. The second-order valence-corrected chi connectivity index (χ2v) is 8.34. The van der Waals surface area contributed by atoms with Gasteiger partial charge in [0.15, 0.2) is 9.84 Å². The van der Waals surface area contributed by atoms with Crippen LogP contribution in [0.1, 0.15) is 22.2 Å². The van der Waals surface area contributed by atoms with E-state index in [1.807, 2.05) is 30.3 Å². The van der Waals surface area contributed by atoms with E-state index < -0.39 is 9.84 Å². The van der Waals surface area contributed by atoms with Crippen molar-refractivity contribution in [2.75, 3.05) is 11.5 Å². The van der Waals surface area contributed by atoms with E-state index in [0.717, 1.165) is 21.1 Å². The van der Waals surface area contributed by atoms with Crippen molar-refractivity contribution < 1.29 is 8.42 Å². The van der Waals surface area contributed by atoms with Crippen molar-refractivity contribution in [1.82, 2.24) is 4.98 Å². The second-order valence-electron chi connectivity index (χ2n) is 4.99. The molecule has 0 spiro atoms. The molecule has 106 valence electrons. The largest absolute Gasteiger partial charge is 0.326 e. The van der Waals surface area contributed by atoms with Gasteiger partial charge in [-0.15, -0.1) is 11.3 Å². The summed E-state index contributed by atoms with van der Waals surface area (Å²) in [5.41, 5.74) is 7.74. The Morgan fingerprint density at radius 3 is 2.65 bits per heavy atom. The lowest BCUT2D eigenvalue weighted by Crippen LogP contribution is -2.03. The van der Waals surface area contributed by atoms with Gasteiger partial charge in [-0.1, -0.05) is 30.3 Å². The molecule has 1 unspecified atom stereocenters. The number of benzene rings is 1. The lowest BCUT2D eigenvalue weighted by Gasteiger charge is -2.01. The predicted octanol–water partition coefficient (Wildman–Crippen LogP) is 2.17. The maximum absolute atomic E-state index is 11.6. The highest BCUT2D eigenvalue weighted by atomic mass is 32.2. The molecule has 2 heterocycles. The fraction of sp³-hybridized carbons (Fsp3) is 0.357. The van der Waals surface area contributed by atoms with Crippen LogP contribution in [-0.4, -0.2) is 24.9 Å². The van der Waals surface area contributed by atoms with Crippen molar-refractivity contribution >= 4 is 21.2 Å². The van der Waals surface area contributed by atoms with Crippen LogP contribution in [0.2, 0.25) is 0 Å². The maximum Gasteiger partial charge on any atom is 0.151 e. The summed E-state index contributed by atoms with van der Waals surface area (Å²) in [5, 5.41) is 0.908. The molecule has 0 amide bonds. The third-order valence-electron chi connectivity index (χ3n) is 3.53. The first kappa shape index (κ1) is 13.7. The number of hydrogen-bond acceptors (Lipinski definition) is 5. The molecule has 1 aliphatic heterocycles. The van der Waals surface area contributed by atoms with Crippen LogP contribution in [0.25, 0.3) is 11.3 Å². The van der Waals surface area contributed by atoms with Gasteiger partial charge in [0.05, 0.1) is 22.2 Å². The Morgan fingerprint density at radius 2 is 2.05 bits per heavy atom. The molecular formula is C14H16N2O2S2. The molecule has 0 radical (unpaired) electrons. The Hall–Kier alpha value is -1.24. The van der Waals surface area contributed by atoms with Crippen LogP contribution in [0.3, 0.4) is 0 Å². The molecular weight excluding hydrogens is 292 g/mol. The monoisotopic (exact) mass is 308 g/mol. The van der Waals surface area contributed by atoms with E-state index in [0.29, 0.717) is 13.0 Å². The average molecular weight is 308 g/mol. The molecule has 0 bridgehead atoms. The Labute approximate surface area is 122 Å². The molecule has 1 fully saturated rings. The zero-order valence-corrected chi connectivity index (χ0v) is 12.6. The molecule has 3 rings (SSSR count). The van der Waals surface area contributed by atoms with Crippen molar-refractivity contribution in [2.45, 2.75) is 18.9 Å². The molecule has 1 aliphatic rings.